The van der Waals surface area contributed by atoms with E-state index in [1.807, 2.05) is 49.4 Å². The first-order valence-corrected chi connectivity index (χ1v) is 9.78. The van der Waals surface area contributed by atoms with E-state index in [4.69, 9.17) is 11.6 Å². The van der Waals surface area contributed by atoms with Crippen molar-refractivity contribution in [1.82, 2.24) is 9.97 Å². The highest BCUT2D eigenvalue weighted by molar-refractivity contribution is 6.31. The largest absolute Gasteiger partial charge is 0.340 e. The summed E-state index contributed by atoms with van der Waals surface area (Å²) in [5, 5.41) is 6.66. The number of halogens is 1. The zero-order chi connectivity index (χ0) is 20.9. The van der Waals surface area contributed by atoms with Crippen LogP contribution in [0.1, 0.15) is 15.9 Å². The molecule has 1 aromatic heterocycles. The van der Waals surface area contributed by atoms with Gasteiger partial charge in [-0.15, -0.1) is 0 Å². The number of nitrogens with one attached hydrogen (secondary N) is 2. The molecular weight excluding hydrogens is 396 g/mol. The smallest absolute Gasteiger partial charge is 0.255 e. The number of carbonyl (C=O) groups is 1. The van der Waals surface area contributed by atoms with Crippen LogP contribution in [-0.4, -0.2) is 15.9 Å². The zero-order valence-electron chi connectivity index (χ0n) is 16.3. The molecule has 0 spiro atoms. The van der Waals surface area contributed by atoms with Crippen LogP contribution in [0.5, 0.6) is 0 Å². The molecule has 0 bridgehead atoms. The predicted octanol–water partition coefficient (Wildman–Crippen LogP) is 6.10. The quantitative estimate of drug-likeness (QED) is 0.414. The lowest BCUT2D eigenvalue weighted by atomic mass is 10.1. The second-order valence-corrected chi connectivity index (χ2v) is 7.26. The minimum absolute atomic E-state index is 0.219. The molecule has 1 amide bonds. The molecule has 0 saturated heterocycles. The van der Waals surface area contributed by atoms with Crippen LogP contribution in [0.25, 0.3) is 11.3 Å². The van der Waals surface area contributed by atoms with Crippen LogP contribution in [0, 0.1) is 6.92 Å². The normalized spacial score (nSPS) is 10.5. The summed E-state index contributed by atoms with van der Waals surface area (Å²) in [4.78, 5) is 21.2. The van der Waals surface area contributed by atoms with Gasteiger partial charge in [-0.05, 0) is 43.3 Å². The maximum absolute atomic E-state index is 12.6. The number of carbonyl (C=O) groups excluding carboxylic acids is 1. The maximum Gasteiger partial charge on any atom is 0.255 e. The Bertz CT molecular complexity index is 1190. The van der Waals surface area contributed by atoms with E-state index in [9.17, 15) is 4.79 Å². The van der Waals surface area contributed by atoms with Crippen LogP contribution in [0.4, 0.5) is 17.2 Å². The Kier molecular flexibility index (Phi) is 5.72. The Morgan fingerprint density at radius 3 is 2.43 bits per heavy atom. The van der Waals surface area contributed by atoms with Gasteiger partial charge < -0.3 is 10.6 Å². The zero-order valence-corrected chi connectivity index (χ0v) is 17.0. The lowest BCUT2D eigenvalue weighted by Gasteiger charge is -2.10. The van der Waals surface area contributed by atoms with Crippen LogP contribution in [0.2, 0.25) is 5.02 Å². The summed E-state index contributed by atoms with van der Waals surface area (Å²) >= 11 is 5.98. The highest BCUT2D eigenvalue weighted by Gasteiger charge is 2.08. The minimum Gasteiger partial charge on any atom is -0.340 e. The van der Waals surface area contributed by atoms with E-state index in [2.05, 4.69) is 20.6 Å². The molecule has 5 nitrogen and oxygen atoms in total. The molecule has 4 aromatic rings. The molecule has 0 aliphatic carbocycles. The van der Waals surface area contributed by atoms with E-state index < -0.39 is 0 Å². The number of anilines is 3. The minimum atomic E-state index is -0.219. The molecule has 0 radical (unpaired) electrons. The van der Waals surface area contributed by atoms with Crippen LogP contribution in [0.3, 0.4) is 0 Å². The predicted molar refractivity (Wildman–Crippen MR) is 121 cm³/mol. The third-order valence-electron chi connectivity index (χ3n) is 4.49. The second-order valence-electron chi connectivity index (χ2n) is 6.82. The van der Waals surface area contributed by atoms with Gasteiger partial charge in [-0.25, -0.2) is 9.97 Å². The van der Waals surface area contributed by atoms with E-state index in [0.29, 0.717) is 22.1 Å². The first-order valence-electron chi connectivity index (χ1n) is 9.40. The Balaban J connectivity index is 1.51. The number of benzene rings is 3. The maximum atomic E-state index is 12.6. The fourth-order valence-electron chi connectivity index (χ4n) is 2.96. The molecule has 6 heteroatoms. The van der Waals surface area contributed by atoms with Crippen LogP contribution >= 0.6 is 11.6 Å². The third-order valence-corrected chi connectivity index (χ3v) is 4.73. The van der Waals surface area contributed by atoms with E-state index in [-0.39, 0.29) is 5.91 Å². The van der Waals surface area contributed by atoms with Gasteiger partial charge in [0.25, 0.3) is 5.91 Å². The molecule has 0 atom stereocenters. The van der Waals surface area contributed by atoms with Crippen molar-refractivity contribution in [2.24, 2.45) is 0 Å². The molecular formula is C24H19ClN4O. The van der Waals surface area contributed by atoms with Gasteiger partial charge >= 0.3 is 0 Å². The number of aryl methyl sites for hydroxylation is 1. The summed E-state index contributed by atoms with van der Waals surface area (Å²) < 4.78 is 0. The van der Waals surface area contributed by atoms with Gasteiger partial charge in [-0.2, -0.15) is 0 Å². The molecule has 1 heterocycles. The highest BCUT2D eigenvalue weighted by atomic mass is 35.5. The summed E-state index contributed by atoms with van der Waals surface area (Å²) in [6.45, 7) is 2.05. The summed E-state index contributed by atoms with van der Waals surface area (Å²) in [6.07, 6.45) is 1.52. The molecule has 148 valence electrons. The molecule has 30 heavy (non-hydrogen) atoms. The van der Waals surface area contributed by atoms with Gasteiger partial charge in [-0.1, -0.05) is 53.6 Å². The second kappa shape index (κ2) is 8.76. The fourth-order valence-corrected chi connectivity index (χ4v) is 3.15. The van der Waals surface area contributed by atoms with E-state index in [1.54, 1.807) is 36.4 Å². The SMILES string of the molecule is Cc1ccc(-c2cc(Nc3cccc(C(=O)Nc4cccc(Cl)c4)c3)ncn2)cc1. The van der Waals surface area contributed by atoms with Crippen molar-refractivity contribution in [3.8, 4) is 11.3 Å². The Morgan fingerprint density at radius 2 is 1.63 bits per heavy atom. The fraction of sp³-hybridized carbons (Fsp3) is 0.0417. The lowest BCUT2D eigenvalue weighted by Crippen LogP contribution is -2.12. The lowest BCUT2D eigenvalue weighted by molar-refractivity contribution is 0.102. The Labute approximate surface area is 179 Å². The van der Waals surface area contributed by atoms with Gasteiger partial charge in [0.15, 0.2) is 0 Å². The molecule has 0 unspecified atom stereocenters. The van der Waals surface area contributed by atoms with Crippen LogP contribution in [0.15, 0.2) is 85.2 Å². The number of rotatable bonds is 5. The summed E-state index contributed by atoms with van der Waals surface area (Å²) in [5.74, 6) is 0.428. The van der Waals surface area contributed by atoms with Crippen molar-refractivity contribution in [3.63, 3.8) is 0 Å². The molecule has 4 rings (SSSR count). The third kappa shape index (κ3) is 4.82. The first kappa shape index (κ1) is 19.6. The van der Waals surface area contributed by atoms with Gasteiger partial charge in [0.1, 0.15) is 12.1 Å². The number of amides is 1. The van der Waals surface area contributed by atoms with Crippen molar-refractivity contribution in [2.75, 3.05) is 10.6 Å². The molecule has 0 aliphatic heterocycles. The number of aromatic nitrogens is 2. The van der Waals surface area contributed by atoms with Gasteiger partial charge in [0, 0.05) is 33.6 Å². The standard InChI is InChI=1S/C24H19ClN4O/c1-16-8-10-17(11-9-16)22-14-23(27-15-26-22)28-20-6-2-4-18(12-20)24(30)29-21-7-3-5-19(25)13-21/h2-15H,1H3,(H,29,30)(H,26,27,28). The van der Waals surface area contributed by atoms with Crippen molar-refractivity contribution in [3.05, 3.63) is 101 Å². The summed E-state index contributed by atoms with van der Waals surface area (Å²) in [6, 6.07) is 24.3. The Morgan fingerprint density at radius 1 is 0.867 bits per heavy atom. The first-order chi connectivity index (χ1) is 14.6. The van der Waals surface area contributed by atoms with Crippen LogP contribution < -0.4 is 10.6 Å². The average molecular weight is 415 g/mol. The van der Waals surface area contributed by atoms with E-state index >= 15 is 0 Å². The number of nitrogens with zero attached hydrogens (tertiary/aromatic N) is 2. The monoisotopic (exact) mass is 414 g/mol. The molecule has 3 aromatic carbocycles. The van der Waals surface area contributed by atoms with Gasteiger partial charge in [0.05, 0.1) is 5.69 Å². The van der Waals surface area contributed by atoms with Crippen molar-refractivity contribution >= 4 is 34.7 Å². The average Bonchev–Trinajstić information content (AvgIpc) is 2.75. The van der Waals surface area contributed by atoms with Crippen LogP contribution in [-0.2, 0) is 0 Å². The van der Waals surface area contributed by atoms with E-state index in [0.717, 1.165) is 16.9 Å². The Hall–Kier alpha value is -3.70. The summed E-state index contributed by atoms with van der Waals surface area (Å²) in [7, 11) is 0. The van der Waals surface area contributed by atoms with Crippen molar-refractivity contribution < 1.29 is 4.79 Å². The molecule has 0 saturated carbocycles. The molecule has 2 N–H and O–H groups in total. The molecule has 0 fully saturated rings. The van der Waals surface area contributed by atoms with Crippen molar-refractivity contribution in [1.29, 1.82) is 0 Å². The number of hydrogen-bond acceptors (Lipinski definition) is 4. The topological polar surface area (TPSA) is 66.9 Å². The van der Waals surface area contributed by atoms with Crippen molar-refractivity contribution in [2.45, 2.75) is 6.92 Å². The molecule has 0 aliphatic rings. The van der Waals surface area contributed by atoms with Gasteiger partial charge in [-0.3, -0.25) is 4.79 Å². The van der Waals surface area contributed by atoms with Gasteiger partial charge in [0.2, 0.25) is 0 Å². The number of hydrogen-bond donors (Lipinski definition) is 2. The van der Waals surface area contributed by atoms with E-state index in [1.165, 1.54) is 11.9 Å². The summed E-state index contributed by atoms with van der Waals surface area (Å²) in [5.41, 5.74) is 4.95. The highest BCUT2D eigenvalue weighted by Crippen LogP contribution is 2.22.